The number of nitrogens with zero attached hydrogens (tertiary/aromatic N) is 2. The summed E-state index contributed by atoms with van der Waals surface area (Å²) in [4.78, 5) is 17.0. The van der Waals surface area contributed by atoms with E-state index in [-0.39, 0.29) is 17.8 Å². The Morgan fingerprint density at radius 2 is 1.81 bits per heavy atom. The Kier molecular flexibility index (Phi) is 8.12. The van der Waals surface area contributed by atoms with Gasteiger partial charge >= 0.3 is 0 Å². The van der Waals surface area contributed by atoms with Gasteiger partial charge in [-0.25, -0.2) is 4.39 Å². The highest BCUT2D eigenvalue weighted by molar-refractivity contribution is 6.31. The lowest BCUT2D eigenvalue weighted by Crippen LogP contribution is -2.49. The van der Waals surface area contributed by atoms with E-state index < -0.39 is 0 Å². The summed E-state index contributed by atoms with van der Waals surface area (Å²) >= 11 is 6.14. The molecule has 1 saturated heterocycles. The van der Waals surface area contributed by atoms with E-state index in [4.69, 9.17) is 21.1 Å². The van der Waals surface area contributed by atoms with Crippen LogP contribution in [0.2, 0.25) is 5.02 Å². The van der Waals surface area contributed by atoms with Gasteiger partial charge < -0.3 is 14.8 Å². The number of methoxy groups -OCH3 is 2. The van der Waals surface area contributed by atoms with Crippen molar-refractivity contribution in [3.63, 3.8) is 0 Å². The highest BCUT2D eigenvalue weighted by atomic mass is 35.5. The first-order valence-corrected chi connectivity index (χ1v) is 10.7. The fourth-order valence-corrected chi connectivity index (χ4v) is 3.97. The molecule has 0 bridgehead atoms. The molecule has 1 heterocycles. The standard InChI is InChI=1S/C23H29ClFN3O3/c1-16(20-13-19(30-2)6-7-22(20)31-3)26-23(29)15-28-10-8-27(9-11-28)14-17-4-5-18(25)12-21(17)24/h4-7,12-13,16H,8-11,14-15H2,1-3H3,(H,26,29). The summed E-state index contributed by atoms with van der Waals surface area (Å²) in [6.45, 7) is 6.14. The summed E-state index contributed by atoms with van der Waals surface area (Å²) in [6, 6.07) is 9.84. The minimum Gasteiger partial charge on any atom is -0.497 e. The van der Waals surface area contributed by atoms with E-state index in [9.17, 15) is 9.18 Å². The molecule has 1 amide bonds. The van der Waals surface area contributed by atoms with Crippen LogP contribution in [0.5, 0.6) is 11.5 Å². The predicted octanol–water partition coefficient (Wildman–Crippen LogP) is 3.49. The van der Waals surface area contributed by atoms with Crippen LogP contribution >= 0.6 is 11.6 Å². The summed E-state index contributed by atoms with van der Waals surface area (Å²) in [5.74, 6) is 1.06. The van der Waals surface area contributed by atoms with Gasteiger partial charge in [0.15, 0.2) is 0 Å². The molecule has 2 aromatic rings. The van der Waals surface area contributed by atoms with Crippen LogP contribution in [0.25, 0.3) is 0 Å². The van der Waals surface area contributed by atoms with Crippen molar-refractivity contribution in [2.24, 2.45) is 0 Å². The second-order valence-electron chi connectivity index (χ2n) is 7.69. The molecule has 8 heteroatoms. The first-order chi connectivity index (χ1) is 14.9. The van der Waals surface area contributed by atoms with Gasteiger partial charge in [-0.2, -0.15) is 0 Å². The molecule has 1 unspecified atom stereocenters. The summed E-state index contributed by atoms with van der Waals surface area (Å²) in [5, 5.41) is 3.50. The van der Waals surface area contributed by atoms with Crippen LogP contribution < -0.4 is 14.8 Å². The molecule has 0 saturated carbocycles. The first kappa shape index (κ1) is 23.3. The maximum atomic E-state index is 13.2. The lowest BCUT2D eigenvalue weighted by molar-refractivity contribution is -0.123. The molecular weight excluding hydrogens is 421 g/mol. The minimum absolute atomic E-state index is 0.0348. The molecule has 0 aliphatic carbocycles. The van der Waals surface area contributed by atoms with E-state index in [0.29, 0.717) is 29.6 Å². The van der Waals surface area contributed by atoms with Crippen LogP contribution in [0.1, 0.15) is 24.1 Å². The Hall–Kier alpha value is -2.35. The molecule has 168 valence electrons. The number of carbonyl (C=O) groups excluding carboxylic acids is 1. The van der Waals surface area contributed by atoms with Crippen LogP contribution in [0.3, 0.4) is 0 Å². The van der Waals surface area contributed by atoms with Gasteiger partial charge in [-0.1, -0.05) is 17.7 Å². The van der Waals surface area contributed by atoms with E-state index >= 15 is 0 Å². The maximum Gasteiger partial charge on any atom is 0.234 e. The van der Waals surface area contributed by atoms with Crippen LogP contribution in [-0.4, -0.2) is 62.7 Å². The molecule has 2 aromatic carbocycles. The number of benzene rings is 2. The first-order valence-electron chi connectivity index (χ1n) is 10.3. The lowest BCUT2D eigenvalue weighted by atomic mass is 10.1. The van der Waals surface area contributed by atoms with Crippen LogP contribution in [0, 0.1) is 5.82 Å². The lowest BCUT2D eigenvalue weighted by Gasteiger charge is -2.34. The Bertz CT molecular complexity index is 904. The van der Waals surface area contributed by atoms with Gasteiger partial charge in [0.1, 0.15) is 17.3 Å². The summed E-state index contributed by atoms with van der Waals surface area (Å²) in [6.07, 6.45) is 0. The smallest absolute Gasteiger partial charge is 0.234 e. The number of carbonyl (C=O) groups is 1. The van der Waals surface area contributed by atoms with Crippen LogP contribution in [0.4, 0.5) is 4.39 Å². The second kappa shape index (κ2) is 10.8. The third-order valence-corrected chi connectivity index (χ3v) is 5.87. The van der Waals surface area contributed by atoms with Crippen molar-refractivity contribution in [1.29, 1.82) is 0 Å². The molecule has 3 rings (SSSR count). The van der Waals surface area contributed by atoms with Gasteiger partial charge in [-0.3, -0.25) is 14.6 Å². The van der Waals surface area contributed by atoms with Crippen molar-refractivity contribution in [3.05, 3.63) is 58.4 Å². The molecule has 0 aromatic heterocycles. The van der Waals surface area contributed by atoms with Crippen molar-refractivity contribution in [3.8, 4) is 11.5 Å². The fourth-order valence-electron chi connectivity index (χ4n) is 3.74. The van der Waals surface area contributed by atoms with Gasteiger partial charge in [-0.15, -0.1) is 0 Å². The van der Waals surface area contributed by atoms with Crippen molar-refractivity contribution < 1.29 is 18.7 Å². The molecule has 1 atom stereocenters. The zero-order valence-corrected chi connectivity index (χ0v) is 18.9. The number of ether oxygens (including phenoxy) is 2. The third-order valence-electron chi connectivity index (χ3n) is 5.52. The Labute approximate surface area is 187 Å². The molecule has 0 radical (unpaired) electrons. The quantitative estimate of drug-likeness (QED) is 0.668. The van der Waals surface area contributed by atoms with Crippen molar-refractivity contribution in [2.75, 3.05) is 46.9 Å². The monoisotopic (exact) mass is 449 g/mol. The van der Waals surface area contributed by atoms with Crippen LogP contribution in [-0.2, 0) is 11.3 Å². The number of rotatable bonds is 8. The highest BCUT2D eigenvalue weighted by Crippen LogP contribution is 2.29. The average Bonchev–Trinajstić information content (AvgIpc) is 2.76. The topological polar surface area (TPSA) is 54.0 Å². The largest absolute Gasteiger partial charge is 0.497 e. The third kappa shape index (κ3) is 6.32. The summed E-state index contributed by atoms with van der Waals surface area (Å²) in [7, 11) is 3.22. The number of amides is 1. The van der Waals surface area contributed by atoms with E-state index in [1.165, 1.54) is 12.1 Å². The van der Waals surface area contributed by atoms with Gasteiger partial charge in [0, 0.05) is 43.3 Å². The van der Waals surface area contributed by atoms with Gasteiger partial charge in [0.25, 0.3) is 0 Å². The Morgan fingerprint density at radius 1 is 1.10 bits per heavy atom. The highest BCUT2D eigenvalue weighted by Gasteiger charge is 2.21. The van der Waals surface area contributed by atoms with Crippen LogP contribution in [0.15, 0.2) is 36.4 Å². The number of hydrogen-bond donors (Lipinski definition) is 1. The number of halogens is 2. The van der Waals surface area contributed by atoms with E-state index in [2.05, 4.69) is 15.1 Å². The van der Waals surface area contributed by atoms with Gasteiger partial charge in [0.2, 0.25) is 5.91 Å². The van der Waals surface area contributed by atoms with E-state index in [1.807, 2.05) is 25.1 Å². The molecular formula is C23H29ClFN3O3. The van der Waals surface area contributed by atoms with Crippen molar-refractivity contribution in [1.82, 2.24) is 15.1 Å². The van der Waals surface area contributed by atoms with E-state index in [0.717, 1.165) is 37.3 Å². The summed E-state index contributed by atoms with van der Waals surface area (Å²) in [5.41, 5.74) is 1.78. The predicted molar refractivity (Wildman–Crippen MR) is 119 cm³/mol. The molecule has 31 heavy (non-hydrogen) atoms. The maximum absolute atomic E-state index is 13.2. The average molecular weight is 450 g/mol. The normalized spacial score (nSPS) is 16.0. The molecule has 1 aliphatic heterocycles. The van der Waals surface area contributed by atoms with Crippen molar-refractivity contribution in [2.45, 2.75) is 19.5 Å². The Morgan fingerprint density at radius 3 is 2.45 bits per heavy atom. The SMILES string of the molecule is COc1ccc(OC)c(C(C)NC(=O)CN2CCN(Cc3ccc(F)cc3Cl)CC2)c1. The molecule has 6 nitrogen and oxygen atoms in total. The van der Waals surface area contributed by atoms with E-state index in [1.54, 1.807) is 20.3 Å². The molecule has 1 N–H and O–H groups in total. The minimum atomic E-state index is -0.328. The van der Waals surface area contributed by atoms with Gasteiger partial charge in [0.05, 0.1) is 26.8 Å². The van der Waals surface area contributed by atoms with Gasteiger partial charge in [-0.05, 0) is 42.8 Å². The second-order valence-corrected chi connectivity index (χ2v) is 8.09. The Balaban J connectivity index is 1.49. The number of nitrogens with one attached hydrogen (secondary N) is 1. The van der Waals surface area contributed by atoms with Crippen molar-refractivity contribution >= 4 is 17.5 Å². The fraction of sp³-hybridized carbons (Fsp3) is 0.435. The zero-order chi connectivity index (χ0) is 22.4. The molecule has 1 aliphatic rings. The molecule has 0 spiro atoms. The zero-order valence-electron chi connectivity index (χ0n) is 18.2. The number of piperazine rings is 1. The molecule has 1 fully saturated rings. The summed E-state index contributed by atoms with van der Waals surface area (Å²) < 4.78 is 23.9. The number of hydrogen-bond acceptors (Lipinski definition) is 5.